The van der Waals surface area contributed by atoms with E-state index in [1.165, 1.54) is 6.92 Å². The van der Waals surface area contributed by atoms with Gasteiger partial charge in [0.15, 0.2) is 5.12 Å². The van der Waals surface area contributed by atoms with Crippen LogP contribution in [0, 0.1) is 0 Å². The summed E-state index contributed by atoms with van der Waals surface area (Å²) in [5, 5.41) is 28.3. The molecule has 1 rings (SSSR count). The molecule has 3 N–H and O–H groups in total. The number of thioether (sulfide) groups is 1. The lowest BCUT2D eigenvalue weighted by Crippen LogP contribution is -2.22. The minimum absolute atomic E-state index is 0.159. The molecule has 0 amide bonds. The second kappa shape index (κ2) is 6.47. The van der Waals surface area contributed by atoms with Crippen LogP contribution in [-0.2, 0) is 11.0 Å². The van der Waals surface area contributed by atoms with Crippen LogP contribution in [0.2, 0.25) is 0 Å². The molecule has 4 nitrogen and oxygen atoms in total. The molecule has 0 fully saturated rings. The molecule has 0 heterocycles. The summed E-state index contributed by atoms with van der Waals surface area (Å²) in [4.78, 5) is 10.7. The zero-order chi connectivity index (χ0) is 15.5. The quantitative estimate of drug-likeness (QED) is 0.794. The lowest BCUT2D eigenvalue weighted by Gasteiger charge is -2.19. The van der Waals surface area contributed by atoms with Crippen LogP contribution in [0.5, 0.6) is 5.75 Å². The van der Waals surface area contributed by atoms with E-state index in [0.717, 1.165) is 17.8 Å². The summed E-state index contributed by atoms with van der Waals surface area (Å²) in [5.41, 5.74) is -1.40. The fourth-order valence-electron chi connectivity index (χ4n) is 1.49. The molecule has 0 radical (unpaired) electrons. The Labute approximate surface area is 117 Å². The number of phenols is 1. The number of aliphatic hydroxyl groups excluding tert-OH is 2. The number of alkyl halides is 3. The fraction of sp³-hybridized carbons (Fsp3) is 0.417. The first kappa shape index (κ1) is 16.8. The lowest BCUT2D eigenvalue weighted by atomic mass is 10.0. The molecule has 0 aliphatic rings. The van der Waals surface area contributed by atoms with Crippen molar-refractivity contribution in [1.29, 1.82) is 0 Å². The van der Waals surface area contributed by atoms with Gasteiger partial charge in [-0.1, -0.05) is 11.8 Å². The van der Waals surface area contributed by atoms with Gasteiger partial charge in [-0.05, 0) is 23.8 Å². The second-order valence-corrected chi connectivity index (χ2v) is 5.32. The molecular weight excluding hydrogens is 297 g/mol. The van der Waals surface area contributed by atoms with Gasteiger partial charge >= 0.3 is 6.18 Å². The Hall–Kier alpha value is -1.25. The molecule has 0 aromatic heterocycles. The van der Waals surface area contributed by atoms with Crippen LogP contribution in [0.4, 0.5) is 13.2 Å². The molecule has 0 saturated heterocycles. The van der Waals surface area contributed by atoms with Crippen LogP contribution >= 0.6 is 11.8 Å². The molecular formula is C12H13F3O4S. The molecule has 0 bridgehead atoms. The van der Waals surface area contributed by atoms with Gasteiger partial charge in [0, 0.05) is 12.7 Å². The van der Waals surface area contributed by atoms with E-state index in [-0.39, 0.29) is 16.4 Å². The van der Waals surface area contributed by atoms with Crippen LogP contribution in [0.15, 0.2) is 18.2 Å². The van der Waals surface area contributed by atoms with Crippen molar-refractivity contribution in [3.8, 4) is 5.75 Å². The number of phenolic OH excluding ortho intramolecular Hbond substituents is 1. The largest absolute Gasteiger partial charge is 0.508 e. The Bertz CT molecular complexity index is 490. The van der Waals surface area contributed by atoms with Crippen LogP contribution in [-0.4, -0.2) is 32.3 Å². The number of carbonyl (C=O) groups is 1. The molecule has 0 aliphatic heterocycles. The van der Waals surface area contributed by atoms with E-state index in [9.17, 15) is 33.3 Å². The summed E-state index contributed by atoms with van der Waals surface area (Å²) in [5.74, 6) is -0.826. The molecule has 0 saturated carbocycles. The summed E-state index contributed by atoms with van der Waals surface area (Å²) < 4.78 is 37.7. The number of hydrogen-bond acceptors (Lipinski definition) is 5. The van der Waals surface area contributed by atoms with Gasteiger partial charge in [0.25, 0.3) is 0 Å². The van der Waals surface area contributed by atoms with Gasteiger partial charge in [0.2, 0.25) is 0 Å². The van der Waals surface area contributed by atoms with Crippen LogP contribution in [0.3, 0.4) is 0 Å². The highest BCUT2D eigenvalue weighted by Crippen LogP contribution is 2.34. The molecule has 2 atom stereocenters. The SMILES string of the molecule is CC(=O)SCC(O)C(O)c1cc(O)cc(C(F)(F)F)c1. The first-order valence-corrected chi connectivity index (χ1v) is 6.50. The third-order valence-corrected chi connectivity index (χ3v) is 3.35. The molecule has 20 heavy (non-hydrogen) atoms. The first-order chi connectivity index (χ1) is 9.11. The van der Waals surface area contributed by atoms with Gasteiger partial charge < -0.3 is 15.3 Å². The van der Waals surface area contributed by atoms with E-state index in [1.54, 1.807) is 0 Å². The minimum atomic E-state index is -4.67. The van der Waals surface area contributed by atoms with Crippen molar-refractivity contribution in [2.75, 3.05) is 5.75 Å². The molecule has 2 unspecified atom stereocenters. The predicted molar refractivity (Wildman–Crippen MR) is 67.2 cm³/mol. The van der Waals surface area contributed by atoms with Crippen LogP contribution in [0.25, 0.3) is 0 Å². The van der Waals surface area contributed by atoms with Gasteiger partial charge in [-0.3, -0.25) is 4.79 Å². The van der Waals surface area contributed by atoms with E-state index in [4.69, 9.17) is 0 Å². The highest BCUT2D eigenvalue weighted by atomic mass is 32.2. The Balaban J connectivity index is 2.95. The number of halogens is 3. The standard InChI is InChI=1S/C12H13F3O4S/c1-6(16)20-5-10(18)11(19)7-2-8(12(13,14)15)4-9(17)3-7/h2-4,10-11,17-19H,5H2,1H3. The van der Waals surface area contributed by atoms with Crippen molar-refractivity contribution in [2.24, 2.45) is 0 Å². The number of aromatic hydroxyl groups is 1. The van der Waals surface area contributed by atoms with Crippen molar-refractivity contribution in [3.05, 3.63) is 29.3 Å². The average Bonchev–Trinajstić information content (AvgIpc) is 2.33. The lowest BCUT2D eigenvalue weighted by molar-refractivity contribution is -0.137. The maximum Gasteiger partial charge on any atom is 0.416 e. The van der Waals surface area contributed by atoms with Crippen molar-refractivity contribution in [2.45, 2.75) is 25.3 Å². The fourth-order valence-corrected chi connectivity index (χ4v) is 2.07. The monoisotopic (exact) mass is 310 g/mol. The third kappa shape index (κ3) is 4.69. The maximum absolute atomic E-state index is 12.6. The summed E-state index contributed by atoms with van der Waals surface area (Å²) >= 11 is 0.743. The zero-order valence-corrected chi connectivity index (χ0v) is 11.2. The van der Waals surface area contributed by atoms with Crippen molar-refractivity contribution in [3.63, 3.8) is 0 Å². The topological polar surface area (TPSA) is 77.8 Å². The maximum atomic E-state index is 12.6. The Morgan fingerprint density at radius 2 is 1.90 bits per heavy atom. The van der Waals surface area contributed by atoms with Crippen molar-refractivity contribution < 1.29 is 33.3 Å². The van der Waals surface area contributed by atoms with E-state index in [1.807, 2.05) is 0 Å². The van der Waals surface area contributed by atoms with E-state index in [2.05, 4.69) is 0 Å². The molecule has 0 aliphatic carbocycles. The van der Waals surface area contributed by atoms with E-state index in [0.29, 0.717) is 12.1 Å². The number of carbonyl (C=O) groups excluding carboxylic acids is 1. The van der Waals surface area contributed by atoms with Crippen LogP contribution < -0.4 is 0 Å². The third-order valence-electron chi connectivity index (χ3n) is 2.43. The Morgan fingerprint density at radius 3 is 2.40 bits per heavy atom. The summed E-state index contributed by atoms with van der Waals surface area (Å²) in [6.07, 6.45) is -7.73. The zero-order valence-electron chi connectivity index (χ0n) is 10.4. The number of hydrogen-bond donors (Lipinski definition) is 3. The second-order valence-electron chi connectivity index (χ2n) is 4.13. The van der Waals surface area contributed by atoms with Crippen molar-refractivity contribution >= 4 is 16.9 Å². The van der Waals surface area contributed by atoms with Gasteiger partial charge in [0.1, 0.15) is 11.9 Å². The average molecular weight is 310 g/mol. The van der Waals surface area contributed by atoms with Gasteiger partial charge in [-0.2, -0.15) is 13.2 Å². The van der Waals surface area contributed by atoms with Gasteiger partial charge in [-0.25, -0.2) is 0 Å². The highest BCUT2D eigenvalue weighted by molar-refractivity contribution is 8.13. The highest BCUT2D eigenvalue weighted by Gasteiger charge is 2.32. The van der Waals surface area contributed by atoms with Crippen LogP contribution in [0.1, 0.15) is 24.2 Å². The van der Waals surface area contributed by atoms with E-state index >= 15 is 0 Å². The normalized spacial score (nSPS) is 14.9. The Kier molecular flexibility index (Phi) is 5.43. The summed E-state index contributed by atoms with van der Waals surface area (Å²) in [6.45, 7) is 1.26. The molecule has 8 heteroatoms. The number of rotatable bonds is 4. The van der Waals surface area contributed by atoms with Gasteiger partial charge in [0.05, 0.1) is 11.7 Å². The minimum Gasteiger partial charge on any atom is -0.508 e. The molecule has 1 aromatic carbocycles. The predicted octanol–water partition coefficient (Wildman–Crippen LogP) is 2.08. The number of benzene rings is 1. The first-order valence-electron chi connectivity index (χ1n) is 5.52. The molecule has 112 valence electrons. The molecule has 1 aromatic rings. The summed E-state index contributed by atoms with van der Waals surface area (Å²) in [6, 6.07) is 2.10. The van der Waals surface area contributed by atoms with Crippen molar-refractivity contribution in [1.82, 2.24) is 0 Å². The number of aliphatic hydroxyl groups is 2. The molecule has 0 spiro atoms. The van der Waals surface area contributed by atoms with E-state index < -0.39 is 29.7 Å². The van der Waals surface area contributed by atoms with Gasteiger partial charge in [-0.15, -0.1) is 0 Å². The summed E-state index contributed by atoms with van der Waals surface area (Å²) in [7, 11) is 0. The smallest absolute Gasteiger partial charge is 0.416 e. The Morgan fingerprint density at radius 1 is 1.30 bits per heavy atom.